The molecule has 5 nitrogen and oxygen atoms in total. The van der Waals surface area contributed by atoms with Crippen molar-refractivity contribution in [2.75, 3.05) is 13.1 Å². The average Bonchev–Trinajstić information content (AvgIpc) is 3.30. The fraction of sp³-hybridized carbons (Fsp3) is 0.217. The fourth-order valence-electron chi connectivity index (χ4n) is 4.19. The van der Waals surface area contributed by atoms with Crippen LogP contribution in [0.15, 0.2) is 65.1 Å². The monoisotopic (exact) mass is 372 g/mol. The normalized spacial score (nSPS) is 18.2. The molecule has 2 amide bonds. The van der Waals surface area contributed by atoms with Crippen LogP contribution in [0.1, 0.15) is 44.6 Å². The number of carbonyl (C=O) groups is 2. The predicted molar refractivity (Wildman–Crippen MR) is 105 cm³/mol. The fourth-order valence-corrected chi connectivity index (χ4v) is 4.19. The number of furan rings is 1. The first kappa shape index (κ1) is 16.8. The third-order valence-corrected chi connectivity index (χ3v) is 5.54. The number of rotatable bonds is 2. The van der Waals surface area contributed by atoms with Crippen molar-refractivity contribution in [1.82, 2.24) is 9.80 Å². The summed E-state index contributed by atoms with van der Waals surface area (Å²) in [6.45, 7) is 3.23. The molecule has 1 fully saturated rings. The first-order chi connectivity index (χ1) is 13.6. The second-order valence-corrected chi connectivity index (χ2v) is 7.30. The molecule has 0 unspecified atom stereocenters. The molecule has 5 heteroatoms. The summed E-state index contributed by atoms with van der Waals surface area (Å²) in [5, 5.41) is 0. The number of hydrogen-bond acceptors (Lipinski definition) is 3. The smallest absolute Gasteiger partial charge is 0.256 e. The molecule has 140 valence electrons. The van der Waals surface area contributed by atoms with Crippen molar-refractivity contribution in [2.24, 2.45) is 0 Å². The summed E-state index contributed by atoms with van der Waals surface area (Å²) in [4.78, 5) is 29.6. The maximum atomic E-state index is 13.3. The lowest BCUT2D eigenvalue weighted by atomic mass is 10.0. The molecule has 0 bridgehead atoms. The minimum Gasteiger partial charge on any atom is -0.461 e. The van der Waals surface area contributed by atoms with Crippen LogP contribution in [-0.4, -0.2) is 34.7 Å². The van der Waals surface area contributed by atoms with E-state index in [0.29, 0.717) is 24.2 Å². The van der Waals surface area contributed by atoms with E-state index >= 15 is 0 Å². The minimum absolute atomic E-state index is 0.0154. The van der Waals surface area contributed by atoms with Crippen molar-refractivity contribution in [3.05, 3.63) is 83.1 Å². The van der Waals surface area contributed by atoms with Gasteiger partial charge in [-0.25, -0.2) is 0 Å². The maximum absolute atomic E-state index is 13.3. The van der Waals surface area contributed by atoms with E-state index in [1.54, 1.807) is 0 Å². The van der Waals surface area contributed by atoms with E-state index < -0.39 is 0 Å². The lowest BCUT2D eigenvalue weighted by Gasteiger charge is -2.40. The van der Waals surface area contributed by atoms with Gasteiger partial charge in [0.2, 0.25) is 0 Å². The van der Waals surface area contributed by atoms with Gasteiger partial charge in [0.25, 0.3) is 11.8 Å². The Balaban J connectivity index is 1.46. The minimum atomic E-state index is -0.308. The van der Waals surface area contributed by atoms with E-state index in [2.05, 4.69) is 0 Å². The SMILES string of the molecule is Cc1ccc(-c2ccc(C(=O)N3CCCN4C(=O)c5ccccc5[C@@H]34)cc2)o1. The van der Waals surface area contributed by atoms with Gasteiger partial charge in [0.05, 0.1) is 0 Å². The molecule has 5 rings (SSSR count). The van der Waals surface area contributed by atoms with Gasteiger partial charge in [0, 0.05) is 35.3 Å². The van der Waals surface area contributed by atoms with Crippen LogP contribution in [0.25, 0.3) is 11.3 Å². The lowest BCUT2D eigenvalue weighted by Crippen LogP contribution is -2.48. The van der Waals surface area contributed by atoms with Crippen LogP contribution in [0.2, 0.25) is 0 Å². The molecule has 2 aliphatic heterocycles. The van der Waals surface area contributed by atoms with Crippen molar-refractivity contribution in [2.45, 2.75) is 19.5 Å². The zero-order valence-electron chi connectivity index (χ0n) is 15.6. The highest BCUT2D eigenvalue weighted by atomic mass is 16.3. The van der Waals surface area contributed by atoms with Crippen LogP contribution < -0.4 is 0 Å². The molecule has 0 N–H and O–H groups in total. The van der Waals surface area contributed by atoms with E-state index in [1.165, 1.54) is 0 Å². The first-order valence-electron chi connectivity index (χ1n) is 9.51. The Labute approximate surface area is 163 Å². The number of nitrogens with zero attached hydrogens (tertiary/aromatic N) is 2. The Bertz CT molecular complexity index is 1070. The van der Waals surface area contributed by atoms with E-state index in [4.69, 9.17) is 4.42 Å². The van der Waals surface area contributed by atoms with Crippen LogP contribution >= 0.6 is 0 Å². The molecule has 1 aromatic heterocycles. The van der Waals surface area contributed by atoms with E-state index in [-0.39, 0.29) is 18.0 Å². The summed E-state index contributed by atoms with van der Waals surface area (Å²) >= 11 is 0. The molecule has 2 aliphatic rings. The number of hydrogen-bond donors (Lipinski definition) is 0. The first-order valence-corrected chi connectivity index (χ1v) is 9.51. The van der Waals surface area contributed by atoms with Crippen molar-refractivity contribution >= 4 is 11.8 Å². The van der Waals surface area contributed by atoms with Crippen molar-refractivity contribution in [1.29, 1.82) is 0 Å². The van der Waals surface area contributed by atoms with E-state index in [0.717, 1.165) is 29.1 Å². The lowest BCUT2D eigenvalue weighted by molar-refractivity contribution is 0.0164. The number of aryl methyl sites for hydroxylation is 1. The molecular weight excluding hydrogens is 352 g/mol. The summed E-state index contributed by atoms with van der Waals surface area (Å²) in [5.41, 5.74) is 3.18. The van der Waals surface area contributed by atoms with Crippen molar-refractivity contribution in [3.8, 4) is 11.3 Å². The Morgan fingerprint density at radius 3 is 2.54 bits per heavy atom. The molecule has 1 atom stereocenters. The number of benzene rings is 2. The number of amides is 2. The van der Waals surface area contributed by atoms with Crippen LogP contribution in [0.5, 0.6) is 0 Å². The van der Waals surface area contributed by atoms with Crippen LogP contribution in [0, 0.1) is 6.92 Å². The Kier molecular flexibility index (Phi) is 3.83. The Morgan fingerprint density at radius 1 is 1.00 bits per heavy atom. The van der Waals surface area contributed by atoms with Gasteiger partial charge in [0.1, 0.15) is 17.7 Å². The third kappa shape index (κ3) is 2.54. The molecule has 1 saturated heterocycles. The largest absolute Gasteiger partial charge is 0.461 e. The molecule has 0 saturated carbocycles. The molecule has 0 aliphatic carbocycles. The number of carbonyl (C=O) groups excluding carboxylic acids is 2. The van der Waals surface area contributed by atoms with Gasteiger partial charge in [-0.05, 0) is 43.7 Å². The summed E-state index contributed by atoms with van der Waals surface area (Å²) in [5.74, 6) is 1.60. The van der Waals surface area contributed by atoms with Gasteiger partial charge in [0.15, 0.2) is 0 Å². The standard InChI is InChI=1S/C23H20N2O3/c1-15-7-12-20(28-15)16-8-10-17(11-9-16)22(26)24-13-4-14-25-21(24)18-5-2-3-6-19(18)23(25)27/h2-3,5-12,21H,4,13-14H2,1H3/t21-/m0/s1. The average molecular weight is 372 g/mol. The van der Waals surface area contributed by atoms with Gasteiger partial charge < -0.3 is 14.2 Å². The highest BCUT2D eigenvalue weighted by Gasteiger charge is 2.43. The van der Waals surface area contributed by atoms with Gasteiger partial charge in [-0.2, -0.15) is 0 Å². The Hall–Kier alpha value is -3.34. The summed E-state index contributed by atoms with van der Waals surface area (Å²) in [6.07, 6.45) is 0.475. The predicted octanol–water partition coefficient (Wildman–Crippen LogP) is 4.26. The van der Waals surface area contributed by atoms with Gasteiger partial charge in [-0.15, -0.1) is 0 Å². The van der Waals surface area contributed by atoms with Gasteiger partial charge in [-0.1, -0.05) is 30.3 Å². The van der Waals surface area contributed by atoms with Crippen molar-refractivity contribution < 1.29 is 14.0 Å². The molecule has 0 radical (unpaired) electrons. The van der Waals surface area contributed by atoms with Gasteiger partial charge >= 0.3 is 0 Å². The zero-order chi connectivity index (χ0) is 19.3. The van der Waals surface area contributed by atoms with Crippen LogP contribution in [0.3, 0.4) is 0 Å². The summed E-state index contributed by atoms with van der Waals surface area (Å²) in [7, 11) is 0. The molecule has 3 heterocycles. The van der Waals surface area contributed by atoms with E-state index in [9.17, 15) is 9.59 Å². The molecule has 3 aromatic rings. The molecule has 2 aromatic carbocycles. The number of fused-ring (bicyclic) bond motifs is 3. The topological polar surface area (TPSA) is 53.8 Å². The highest BCUT2D eigenvalue weighted by molar-refractivity contribution is 6.01. The van der Waals surface area contributed by atoms with Gasteiger partial charge in [-0.3, -0.25) is 9.59 Å². The second-order valence-electron chi connectivity index (χ2n) is 7.30. The molecular formula is C23H20N2O3. The van der Waals surface area contributed by atoms with Crippen LogP contribution in [-0.2, 0) is 0 Å². The van der Waals surface area contributed by atoms with Crippen LogP contribution in [0.4, 0.5) is 0 Å². The second kappa shape index (κ2) is 6.37. The van der Waals surface area contributed by atoms with Crippen molar-refractivity contribution in [3.63, 3.8) is 0 Å². The molecule has 28 heavy (non-hydrogen) atoms. The maximum Gasteiger partial charge on any atom is 0.256 e. The molecule has 0 spiro atoms. The third-order valence-electron chi connectivity index (χ3n) is 5.54. The zero-order valence-corrected chi connectivity index (χ0v) is 15.6. The van der Waals surface area contributed by atoms with E-state index in [1.807, 2.05) is 77.4 Å². The highest BCUT2D eigenvalue weighted by Crippen LogP contribution is 2.39. The summed E-state index contributed by atoms with van der Waals surface area (Å²) in [6, 6.07) is 18.9. The summed E-state index contributed by atoms with van der Waals surface area (Å²) < 4.78 is 5.65. The quantitative estimate of drug-likeness (QED) is 0.676. The Morgan fingerprint density at radius 2 is 1.79 bits per heavy atom.